The third-order valence-corrected chi connectivity index (χ3v) is 8.53. The maximum Gasteiger partial charge on any atom is 0.303 e. The van der Waals surface area contributed by atoms with Gasteiger partial charge in [-0.05, 0) is 49.0 Å². The quantitative estimate of drug-likeness (QED) is 0.428. The van der Waals surface area contributed by atoms with Crippen molar-refractivity contribution in [2.24, 2.45) is 29.1 Å². The molecule has 7 heteroatoms. The molecule has 1 spiro atoms. The zero-order valence-electron chi connectivity index (χ0n) is 21.9. The molecule has 37 heavy (non-hydrogen) atoms. The van der Waals surface area contributed by atoms with Crippen LogP contribution in [-0.2, 0) is 25.5 Å². The first-order chi connectivity index (χ1) is 17.4. The van der Waals surface area contributed by atoms with Gasteiger partial charge >= 0.3 is 5.97 Å². The molecular weight excluding hydrogens is 470 g/mol. The van der Waals surface area contributed by atoms with Gasteiger partial charge in [-0.15, -0.1) is 0 Å². The van der Waals surface area contributed by atoms with Gasteiger partial charge in [-0.3, -0.25) is 14.4 Å². The molecule has 1 aromatic carbocycles. The van der Waals surface area contributed by atoms with Crippen LogP contribution < -0.4 is 5.32 Å². The average molecular weight is 508 g/mol. The number of ether oxygens (including phenoxy) is 1. The number of Topliss-reactive ketones (excluding diaryl/α,β-unsaturated/α-hetero) is 1. The fourth-order valence-corrected chi connectivity index (χ4v) is 6.68. The van der Waals surface area contributed by atoms with E-state index in [2.05, 4.69) is 11.9 Å². The molecule has 1 aliphatic heterocycles. The summed E-state index contributed by atoms with van der Waals surface area (Å²) in [7, 11) is 0. The number of aliphatic hydroxyl groups excluding tert-OH is 1. The zero-order valence-corrected chi connectivity index (χ0v) is 21.9. The lowest BCUT2D eigenvalue weighted by Gasteiger charge is -2.52. The lowest BCUT2D eigenvalue weighted by Crippen LogP contribution is -2.60. The van der Waals surface area contributed by atoms with Crippen molar-refractivity contribution < 1.29 is 29.3 Å². The Morgan fingerprint density at radius 3 is 2.51 bits per heavy atom. The molecule has 1 saturated heterocycles. The maximum atomic E-state index is 14.2. The van der Waals surface area contributed by atoms with Gasteiger partial charge in [0.05, 0.1) is 6.10 Å². The number of carbonyl (C=O) groups is 3. The number of carbonyl (C=O) groups excluding carboxylic acids is 3. The summed E-state index contributed by atoms with van der Waals surface area (Å²) in [6, 6.07) is 9.49. The minimum Gasteiger partial charge on any atom is -0.457 e. The molecule has 0 bridgehead atoms. The van der Waals surface area contributed by atoms with Gasteiger partial charge in [0, 0.05) is 30.7 Å². The van der Waals surface area contributed by atoms with Gasteiger partial charge in [0.25, 0.3) is 0 Å². The second kappa shape index (κ2) is 10.0. The Labute approximate surface area is 218 Å². The fraction of sp³-hybridized carbons (Fsp3) is 0.500. The molecule has 9 atom stereocenters. The molecule has 0 radical (unpaired) electrons. The summed E-state index contributed by atoms with van der Waals surface area (Å²) in [5.74, 6) is -3.26. The molecule has 7 nitrogen and oxygen atoms in total. The van der Waals surface area contributed by atoms with Crippen LogP contribution in [0.15, 0.2) is 66.8 Å². The highest BCUT2D eigenvalue weighted by Crippen LogP contribution is 2.58. The molecule has 4 rings (SSSR count). The van der Waals surface area contributed by atoms with Crippen LogP contribution in [-0.4, -0.2) is 51.7 Å². The summed E-state index contributed by atoms with van der Waals surface area (Å²) >= 11 is 0. The van der Waals surface area contributed by atoms with E-state index in [-0.39, 0.29) is 23.7 Å². The van der Waals surface area contributed by atoms with Crippen LogP contribution >= 0.6 is 0 Å². The van der Waals surface area contributed by atoms with E-state index < -0.39 is 46.9 Å². The number of ketones is 1. The first kappa shape index (κ1) is 27.0. The molecule has 9 unspecified atom stereocenters. The second-order valence-electron chi connectivity index (χ2n) is 11.0. The number of hydrogen-bond donors (Lipinski definition) is 3. The van der Waals surface area contributed by atoms with Gasteiger partial charge in [0.15, 0.2) is 5.78 Å². The van der Waals surface area contributed by atoms with Gasteiger partial charge < -0.3 is 20.3 Å². The van der Waals surface area contributed by atoms with E-state index in [0.29, 0.717) is 18.4 Å². The van der Waals surface area contributed by atoms with Crippen molar-refractivity contribution in [1.82, 2.24) is 5.32 Å². The zero-order chi connectivity index (χ0) is 27.1. The molecule has 1 aromatic rings. The fourth-order valence-electron chi connectivity index (χ4n) is 6.68. The first-order valence-electron chi connectivity index (χ1n) is 12.9. The molecule has 3 aliphatic rings. The van der Waals surface area contributed by atoms with E-state index in [9.17, 15) is 24.6 Å². The van der Waals surface area contributed by atoms with Gasteiger partial charge in [0.1, 0.15) is 17.1 Å². The van der Waals surface area contributed by atoms with Crippen molar-refractivity contribution in [3.63, 3.8) is 0 Å². The molecule has 0 aromatic heterocycles. The molecule has 1 amide bonds. The van der Waals surface area contributed by atoms with E-state index in [1.807, 2.05) is 37.3 Å². The maximum absolute atomic E-state index is 14.2. The first-order valence-corrected chi connectivity index (χ1v) is 12.9. The molecule has 1 saturated carbocycles. The predicted octanol–water partition coefficient (Wildman–Crippen LogP) is 2.92. The smallest absolute Gasteiger partial charge is 0.303 e. The third kappa shape index (κ3) is 4.59. The summed E-state index contributed by atoms with van der Waals surface area (Å²) < 4.78 is 5.81. The van der Waals surface area contributed by atoms with E-state index in [0.717, 1.165) is 5.56 Å². The molecular formula is C30H37NO6. The highest BCUT2D eigenvalue weighted by molar-refractivity contribution is 5.91. The van der Waals surface area contributed by atoms with Gasteiger partial charge in [0.2, 0.25) is 5.91 Å². The van der Waals surface area contributed by atoms with Crippen molar-refractivity contribution in [3.8, 4) is 0 Å². The van der Waals surface area contributed by atoms with Crippen LogP contribution in [0.4, 0.5) is 0 Å². The highest BCUT2D eigenvalue weighted by Gasteiger charge is 2.68. The van der Waals surface area contributed by atoms with Crippen molar-refractivity contribution >= 4 is 17.7 Å². The lowest BCUT2D eigenvalue weighted by atomic mass is 9.51. The SMILES string of the molecule is C=C1C(C)C2C(Cc3ccccc3)NC(=O)C23C(OC(C)=O)/C=C\C(C)(O)C(=O)C(C)C/C=C\C3C1O. The Morgan fingerprint density at radius 2 is 1.86 bits per heavy atom. The molecule has 1 heterocycles. The topological polar surface area (TPSA) is 113 Å². The third-order valence-electron chi connectivity index (χ3n) is 8.53. The van der Waals surface area contributed by atoms with Crippen LogP contribution in [0.25, 0.3) is 0 Å². The summed E-state index contributed by atoms with van der Waals surface area (Å²) in [5.41, 5.74) is -1.55. The normalized spacial score (nSPS) is 41.6. The van der Waals surface area contributed by atoms with Crippen LogP contribution in [0.1, 0.15) is 39.7 Å². The average Bonchev–Trinajstić information content (AvgIpc) is 3.13. The lowest BCUT2D eigenvalue weighted by molar-refractivity contribution is -0.166. The van der Waals surface area contributed by atoms with Crippen molar-refractivity contribution in [2.75, 3.05) is 0 Å². The Morgan fingerprint density at radius 1 is 1.19 bits per heavy atom. The second-order valence-corrected chi connectivity index (χ2v) is 11.0. The largest absolute Gasteiger partial charge is 0.457 e. The Kier molecular flexibility index (Phi) is 7.32. The predicted molar refractivity (Wildman–Crippen MR) is 139 cm³/mol. The number of aliphatic hydroxyl groups is 2. The Bertz CT molecular complexity index is 1140. The summed E-state index contributed by atoms with van der Waals surface area (Å²) in [5, 5.41) is 25.7. The minimum atomic E-state index is -1.82. The highest BCUT2D eigenvalue weighted by atomic mass is 16.5. The van der Waals surface area contributed by atoms with Crippen molar-refractivity contribution in [1.29, 1.82) is 0 Å². The number of allylic oxidation sites excluding steroid dienone is 1. The van der Waals surface area contributed by atoms with Crippen LogP contribution in [0.3, 0.4) is 0 Å². The molecule has 2 fully saturated rings. The number of rotatable bonds is 3. The van der Waals surface area contributed by atoms with Crippen LogP contribution in [0.5, 0.6) is 0 Å². The van der Waals surface area contributed by atoms with E-state index in [4.69, 9.17) is 4.74 Å². The van der Waals surface area contributed by atoms with E-state index >= 15 is 0 Å². The number of hydrogen-bond acceptors (Lipinski definition) is 6. The van der Waals surface area contributed by atoms with Gasteiger partial charge in [-0.25, -0.2) is 0 Å². The molecule has 2 aliphatic carbocycles. The molecule has 3 N–H and O–H groups in total. The molecule has 198 valence electrons. The summed E-state index contributed by atoms with van der Waals surface area (Å²) in [6.07, 6.45) is 5.01. The number of benzene rings is 1. The Hall–Kier alpha value is -3.03. The summed E-state index contributed by atoms with van der Waals surface area (Å²) in [4.78, 5) is 39.5. The number of amides is 1. The standard InChI is InChI=1S/C30H37NO6/c1-17-10-9-13-22-26(33)19(3)18(2)25-23(16-21-11-7-6-8-12-21)31-28(35)30(22,25)24(37-20(4)32)14-15-29(5,36)27(17)34/h6-9,11-15,17-18,22-26,33,36H,3,10,16H2,1-2,4-5H3,(H,31,35)/b13-9-,15-14-. The van der Waals surface area contributed by atoms with E-state index in [1.54, 1.807) is 19.1 Å². The summed E-state index contributed by atoms with van der Waals surface area (Å²) in [6.45, 7) is 10.5. The minimum absolute atomic E-state index is 0.287. The number of nitrogens with one attached hydrogen (secondary N) is 1. The van der Waals surface area contributed by atoms with Gasteiger partial charge in [-0.2, -0.15) is 0 Å². The van der Waals surface area contributed by atoms with Crippen LogP contribution in [0, 0.1) is 29.1 Å². The Balaban J connectivity index is 1.94. The van der Waals surface area contributed by atoms with Crippen LogP contribution in [0.2, 0.25) is 0 Å². The van der Waals surface area contributed by atoms with E-state index in [1.165, 1.54) is 26.0 Å². The monoisotopic (exact) mass is 507 g/mol. The van der Waals surface area contributed by atoms with Crippen molar-refractivity contribution in [2.45, 2.75) is 64.4 Å². The van der Waals surface area contributed by atoms with Gasteiger partial charge in [-0.1, -0.05) is 62.9 Å². The van der Waals surface area contributed by atoms with Crippen molar-refractivity contribution in [3.05, 3.63) is 72.4 Å². The number of esters is 1.